The Morgan fingerprint density at radius 3 is 2.39 bits per heavy atom. The van der Waals surface area contributed by atoms with E-state index in [0.717, 1.165) is 12.1 Å². The smallest absolute Gasteiger partial charge is 0.293 e. The maximum Gasteiger partial charge on any atom is 0.416 e. The predicted molar refractivity (Wildman–Crippen MR) is 88.3 cm³/mol. The third-order valence-corrected chi connectivity index (χ3v) is 4.89. The fourth-order valence-electron chi connectivity index (χ4n) is 2.20. The van der Waals surface area contributed by atoms with Gasteiger partial charge in [-0.3, -0.25) is 4.79 Å². The Kier molecular flexibility index (Phi) is 6.35. The summed E-state index contributed by atoms with van der Waals surface area (Å²) in [7, 11) is 0. The second-order valence-electron chi connectivity index (χ2n) is 5.06. The Hall–Kier alpha value is -1.21. The number of nitrogens with zero attached hydrogens (tertiary/aromatic N) is 1. The first-order valence-electron chi connectivity index (χ1n) is 7.09. The van der Waals surface area contributed by atoms with Crippen LogP contribution < -0.4 is 0 Å². The van der Waals surface area contributed by atoms with Crippen molar-refractivity contribution in [1.29, 1.82) is 0 Å². The number of aryl methyl sites for hydroxylation is 2. The summed E-state index contributed by atoms with van der Waals surface area (Å²) in [5.74, 6) is -0.237. The molecule has 3 rings (SSSR count). The second kappa shape index (κ2) is 8.06. The molecule has 1 aromatic heterocycles. The molecule has 2 aromatic rings. The molecule has 0 saturated heterocycles. The zero-order chi connectivity index (χ0) is 16.9. The number of alkyl halides is 4. The van der Waals surface area contributed by atoms with E-state index in [4.69, 9.17) is 0 Å². The Morgan fingerprint density at radius 2 is 1.83 bits per heavy atom. The van der Waals surface area contributed by atoms with Crippen LogP contribution >= 0.6 is 27.3 Å². The number of benzene rings is 1. The molecule has 0 saturated carbocycles. The Morgan fingerprint density at radius 1 is 1.17 bits per heavy atom. The predicted octanol–water partition coefficient (Wildman–Crippen LogP) is 5.30. The molecular formula is C16H15BrF3NOS. The molecule has 0 amide bonds. The Labute approximate surface area is 144 Å². The molecule has 1 aliphatic rings. The first-order chi connectivity index (χ1) is 10.9. The van der Waals surface area contributed by atoms with Gasteiger partial charge in [0.25, 0.3) is 0 Å². The van der Waals surface area contributed by atoms with E-state index < -0.39 is 11.7 Å². The maximum absolute atomic E-state index is 12.1. The number of Topliss-reactive ketones (excluding diaryl/α,β-unsaturated/α-hetero) is 1. The van der Waals surface area contributed by atoms with E-state index in [9.17, 15) is 18.0 Å². The van der Waals surface area contributed by atoms with Gasteiger partial charge in [0.2, 0.25) is 0 Å². The van der Waals surface area contributed by atoms with Gasteiger partial charge in [-0.05, 0) is 37.8 Å². The van der Waals surface area contributed by atoms with Crippen LogP contribution in [0, 0.1) is 0 Å². The van der Waals surface area contributed by atoms with Crippen LogP contribution in [0.3, 0.4) is 0 Å². The first kappa shape index (κ1) is 18.1. The average Bonchev–Trinajstić information content (AvgIpc) is 3.02. The summed E-state index contributed by atoms with van der Waals surface area (Å²) < 4.78 is 36.3. The molecule has 124 valence electrons. The SMILES string of the molecule is O=C(CBr)c1ccc(C(F)(F)F)cc1.c1nc2c(s1)CCCC2. The Balaban J connectivity index is 0.000000182. The summed E-state index contributed by atoms with van der Waals surface area (Å²) >= 11 is 4.75. The van der Waals surface area contributed by atoms with Crippen molar-refractivity contribution < 1.29 is 18.0 Å². The number of ketones is 1. The fraction of sp³-hybridized carbons (Fsp3) is 0.375. The van der Waals surface area contributed by atoms with Crippen LogP contribution in [-0.4, -0.2) is 16.1 Å². The molecule has 0 radical (unpaired) electrons. The topological polar surface area (TPSA) is 30.0 Å². The quantitative estimate of drug-likeness (QED) is 0.500. The van der Waals surface area contributed by atoms with E-state index >= 15 is 0 Å². The van der Waals surface area contributed by atoms with Crippen molar-refractivity contribution in [2.45, 2.75) is 31.9 Å². The lowest BCUT2D eigenvalue weighted by molar-refractivity contribution is -0.137. The molecular weight excluding hydrogens is 391 g/mol. The van der Waals surface area contributed by atoms with Crippen LogP contribution in [0.15, 0.2) is 29.8 Å². The summed E-state index contributed by atoms with van der Waals surface area (Å²) in [5.41, 5.74) is 2.86. The van der Waals surface area contributed by atoms with Crippen molar-refractivity contribution in [2.75, 3.05) is 5.33 Å². The lowest BCUT2D eigenvalue weighted by Crippen LogP contribution is -2.06. The Bertz CT molecular complexity index is 632. The van der Waals surface area contributed by atoms with Crippen LogP contribution in [0.4, 0.5) is 13.2 Å². The van der Waals surface area contributed by atoms with E-state index in [1.165, 1.54) is 48.4 Å². The molecule has 1 aliphatic carbocycles. The van der Waals surface area contributed by atoms with Gasteiger partial charge >= 0.3 is 6.18 Å². The molecule has 0 aliphatic heterocycles. The number of aromatic nitrogens is 1. The number of rotatable bonds is 2. The number of carbonyl (C=O) groups is 1. The third-order valence-electron chi connectivity index (χ3n) is 3.45. The van der Waals surface area contributed by atoms with Crippen molar-refractivity contribution in [3.63, 3.8) is 0 Å². The van der Waals surface area contributed by atoms with Gasteiger partial charge in [0.05, 0.1) is 22.1 Å². The van der Waals surface area contributed by atoms with E-state index in [1.54, 1.807) is 0 Å². The third kappa shape index (κ3) is 5.14. The summed E-state index contributed by atoms with van der Waals surface area (Å²) in [6.45, 7) is 0. The maximum atomic E-state index is 12.1. The molecule has 23 heavy (non-hydrogen) atoms. The van der Waals surface area contributed by atoms with Crippen LogP contribution in [0.25, 0.3) is 0 Å². The van der Waals surface area contributed by atoms with Crippen LogP contribution in [0.1, 0.15) is 39.3 Å². The van der Waals surface area contributed by atoms with Crippen molar-refractivity contribution in [2.24, 2.45) is 0 Å². The minimum absolute atomic E-state index is 0.109. The highest BCUT2D eigenvalue weighted by atomic mass is 79.9. The highest BCUT2D eigenvalue weighted by Crippen LogP contribution is 2.29. The van der Waals surface area contributed by atoms with Gasteiger partial charge < -0.3 is 0 Å². The molecule has 0 unspecified atom stereocenters. The lowest BCUT2D eigenvalue weighted by atomic mass is 10.0. The first-order valence-corrected chi connectivity index (χ1v) is 9.09. The molecule has 2 nitrogen and oxygen atoms in total. The number of halogens is 4. The monoisotopic (exact) mass is 405 g/mol. The van der Waals surface area contributed by atoms with Gasteiger partial charge in [-0.1, -0.05) is 28.1 Å². The molecule has 0 bridgehead atoms. The van der Waals surface area contributed by atoms with Crippen LogP contribution in [0.2, 0.25) is 0 Å². The van der Waals surface area contributed by atoms with Gasteiger partial charge in [-0.2, -0.15) is 13.2 Å². The number of carbonyl (C=O) groups excluding carboxylic acids is 1. The molecule has 0 N–H and O–H groups in total. The molecule has 0 atom stereocenters. The van der Waals surface area contributed by atoms with E-state index in [0.29, 0.717) is 0 Å². The average molecular weight is 406 g/mol. The summed E-state index contributed by atoms with van der Waals surface area (Å²) in [4.78, 5) is 16.9. The van der Waals surface area contributed by atoms with Crippen LogP contribution in [0.5, 0.6) is 0 Å². The zero-order valence-electron chi connectivity index (χ0n) is 12.2. The van der Waals surface area contributed by atoms with Gasteiger partial charge in [0.1, 0.15) is 0 Å². The molecule has 1 heterocycles. The minimum Gasteiger partial charge on any atom is -0.293 e. The molecule has 7 heteroatoms. The molecule has 1 aromatic carbocycles. The van der Waals surface area contributed by atoms with E-state index in [-0.39, 0.29) is 16.7 Å². The van der Waals surface area contributed by atoms with Crippen molar-refractivity contribution in [3.05, 3.63) is 51.5 Å². The van der Waals surface area contributed by atoms with E-state index in [1.807, 2.05) is 16.8 Å². The number of thiazole rings is 1. The zero-order valence-corrected chi connectivity index (χ0v) is 14.6. The number of fused-ring (bicyclic) bond motifs is 1. The minimum atomic E-state index is -4.35. The van der Waals surface area contributed by atoms with Crippen molar-refractivity contribution in [3.8, 4) is 0 Å². The van der Waals surface area contributed by atoms with Gasteiger partial charge in [-0.15, -0.1) is 11.3 Å². The molecule has 0 spiro atoms. The lowest BCUT2D eigenvalue weighted by Gasteiger charge is -2.06. The van der Waals surface area contributed by atoms with Crippen molar-refractivity contribution in [1.82, 2.24) is 4.98 Å². The number of hydrogen-bond donors (Lipinski definition) is 0. The van der Waals surface area contributed by atoms with Gasteiger partial charge in [0.15, 0.2) is 5.78 Å². The summed E-state index contributed by atoms with van der Waals surface area (Å²) in [5, 5.41) is 0.109. The van der Waals surface area contributed by atoms with E-state index in [2.05, 4.69) is 20.9 Å². The standard InChI is InChI=1S/C9H6BrF3O.C7H9NS/c10-5-8(14)6-1-3-7(4-2-6)9(11,12)13;1-2-4-7-6(3-1)8-5-9-7/h1-4H,5H2;5H,1-4H2. The summed E-state index contributed by atoms with van der Waals surface area (Å²) in [6, 6.07) is 4.14. The van der Waals surface area contributed by atoms with Crippen molar-refractivity contribution >= 4 is 33.0 Å². The fourth-order valence-corrected chi connectivity index (χ4v) is 3.38. The normalized spacial score (nSPS) is 13.7. The molecule has 0 fully saturated rings. The highest BCUT2D eigenvalue weighted by Gasteiger charge is 2.30. The van der Waals surface area contributed by atoms with Crippen LogP contribution in [-0.2, 0) is 19.0 Å². The number of hydrogen-bond acceptors (Lipinski definition) is 3. The van der Waals surface area contributed by atoms with Gasteiger partial charge in [0, 0.05) is 10.4 Å². The van der Waals surface area contributed by atoms with Gasteiger partial charge in [-0.25, -0.2) is 4.98 Å². The highest BCUT2D eigenvalue weighted by molar-refractivity contribution is 9.09. The largest absolute Gasteiger partial charge is 0.416 e. The summed E-state index contributed by atoms with van der Waals surface area (Å²) in [6.07, 6.45) is 0.862. The second-order valence-corrected chi connectivity index (χ2v) is 6.56.